The zero-order chi connectivity index (χ0) is 13.7. The summed E-state index contributed by atoms with van der Waals surface area (Å²) in [6.07, 6.45) is 5.96. The van der Waals surface area contributed by atoms with E-state index in [4.69, 9.17) is 11.6 Å². The Bertz CT molecular complexity index is 407. The van der Waals surface area contributed by atoms with Crippen molar-refractivity contribution in [2.75, 3.05) is 29.2 Å². The Hall–Kier alpha value is -1.60. The predicted octanol–water partition coefficient (Wildman–Crippen LogP) is 0.476. The molecule has 106 valence electrons. The summed E-state index contributed by atoms with van der Waals surface area (Å²) in [7, 11) is 0. The van der Waals surface area contributed by atoms with Crippen LogP contribution in [0.3, 0.4) is 0 Å². The molecule has 0 spiro atoms. The Labute approximate surface area is 113 Å². The zero-order valence-electron chi connectivity index (χ0n) is 11.0. The molecular weight excluding hydrogens is 244 g/mol. The number of aliphatic hydroxyl groups is 1. The van der Waals surface area contributed by atoms with Crippen LogP contribution < -0.4 is 21.9 Å². The lowest BCUT2D eigenvalue weighted by Gasteiger charge is -2.35. The van der Waals surface area contributed by atoms with Crippen LogP contribution in [0.15, 0.2) is 6.07 Å². The average Bonchev–Trinajstić information content (AvgIpc) is 2.45. The van der Waals surface area contributed by atoms with E-state index in [0.717, 1.165) is 18.7 Å². The van der Waals surface area contributed by atoms with Crippen LogP contribution in [0.2, 0.25) is 0 Å². The summed E-state index contributed by atoms with van der Waals surface area (Å²) in [5, 5.41) is 9.27. The van der Waals surface area contributed by atoms with Crippen LogP contribution in [-0.4, -0.2) is 34.3 Å². The minimum absolute atomic E-state index is 0.0891. The minimum atomic E-state index is 0.0891. The van der Waals surface area contributed by atoms with Gasteiger partial charge < -0.3 is 21.2 Å². The summed E-state index contributed by atoms with van der Waals surface area (Å²) in [6.45, 7) is 0.636. The number of nitrogens with zero attached hydrogens (tertiary/aromatic N) is 3. The fourth-order valence-corrected chi connectivity index (χ4v) is 2.66. The first kappa shape index (κ1) is 13.8. The lowest BCUT2D eigenvalue weighted by molar-refractivity contribution is 0.289. The van der Waals surface area contributed by atoms with Crippen LogP contribution in [0.4, 0.5) is 17.6 Å². The van der Waals surface area contributed by atoms with Crippen LogP contribution in [0, 0.1) is 0 Å². The number of hydrogen-bond acceptors (Lipinski definition) is 7. The second-order valence-electron chi connectivity index (χ2n) is 4.82. The van der Waals surface area contributed by atoms with Crippen LogP contribution in [-0.2, 0) is 0 Å². The molecule has 0 atom stereocenters. The number of rotatable bonds is 5. The van der Waals surface area contributed by atoms with Crippen molar-refractivity contribution in [2.24, 2.45) is 5.84 Å². The molecule has 7 nitrogen and oxygen atoms in total. The van der Waals surface area contributed by atoms with Gasteiger partial charge >= 0.3 is 0 Å². The van der Waals surface area contributed by atoms with E-state index in [1.807, 2.05) is 0 Å². The summed E-state index contributed by atoms with van der Waals surface area (Å²) in [5.41, 5.74) is 8.18. The molecule has 0 saturated heterocycles. The summed E-state index contributed by atoms with van der Waals surface area (Å²) >= 11 is 0. The van der Waals surface area contributed by atoms with Crippen LogP contribution >= 0.6 is 0 Å². The van der Waals surface area contributed by atoms with Crippen LogP contribution in [0.5, 0.6) is 0 Å². The highest BCUT2D eigenvalue weighted by molar-refractivity contribution is 5.52. The molecule has 1 aromatic heterocycles. The Morgan fingerprint density at radius 3 is 2.68 bits per heavy atom. The fraction of sp³-hybridized carbons (Fsp3) is 0.667. The van der Waals surface area contributed by atoms with Crippen molar-refractivity contribution in [3.63, 3.8) is 0 Å². The fourth-order valence-electron chi connectivity index (χ4n) is 2.66. The Balaban J connectivity index is 2.24. The molecule has 2 rings (SSSR count). The van der Waals surface area contributed by atoms with Crippen molar-refractivity contribution in [3.05, 3.63) is 6.07 Å². The molecule has 6 N–H and O–H groups in total. The Kier molecular flexibility index (Phi) is 4.75. The first-order valence-corrected chi connectivity index (χ1v) is 6.73. The van der Waals surface area contributed by atoms with Gasteiger partial charge in [0.05, 0.1) is 6.61 Å². The molecule has 0 aliphatic heterocycles. The molecule has 1 aliphatic carbocycles. The third-order valence-corrected chi connectivity index (χ3v) is 3.53. The van der Waals surface area contributed by atoms with Crippen LogP contribution in [0.25, 0.3) is 0 Å². The second kappa shape index (κ2) is 6.53. The summed E-state index contributed by atoms with van der Waals surface area (Å²) in [4.78, 5) is 10.4. The van der Waals surface area contributed by atoms with Gasteiger partial charge in [0.2, 0.25) is 5.95 Å². The molecule has 0 aromatic carbocycles. The van der Waals surface area contributed by atoms with E-state index in [-0.39, 0.29) is 12.6 Å². The number of aliphatic hydroxyl groups excluding tert-OH is 1. The quantitative estimate of drug-likeness (QED) is 0.452. The topological polar surface area (TPSA) is 113 Å². The Morgan fingerprint density at radius 1 is 1.32 bits per heavy atom. The largest absolute Gasteiger partial charge is 0.395 e. The number of hydrogen-bond donors (Lipinski definition) is 4. The maximum atomic E-state index is 9.27. The normalized spacial score (nSPS) is 16.3. The van der Waals surface area contributed by atoms with Gasteiger partial charge in [-0.1, -0.05) is 19.3 Å². The number of aromatic nitrogens is 2. The first-order valence-electron chi connectivity index (χ1n) is 6.73. The lowest BCUT2D eigenvalue weighted by Crippen LogP contribution is -2.39. The number of nitrogens with one attached hydrogen (secondary N) is 1. The van der Waals surface area contributed by atoms with Gasteiger partial charge in [-0.3, -0.25) is 0 Å². The molecular formula is C12H22N6O. The summed E-state index contributed by atoms with van der Waals surface area (Å²) < 4.78 is 0. The second-order valence-corrected chi connectivity index (χ2v) is 4.82. The molecule has 0 unspecified atom stereocenters. The summed E-state index contributed by atoms with van der Waals surface area (Å²) in [6, 6.07) is 2.17. The maximum absolute atomic E-state index is 9.27. The molecule has 1 aromatic rings. The van der Waals surface area contributed by atoms with Gasteiger partial charge in [-0.25, -0.2) is 5.84 Å². The zero-order valence-corrected chi connectivity index (χ0v) is 11.0. The van der Waals surface area contributed by atoms with Gasteiger partial charge in [0.25, 0.3) is 0 Å². The van der Waals surface area contributed by atoms with Gasteiger partial charge in [0, 0.05) is 18.7 Å². The summed E-state index contributed by atoms with van der Waals surface area (Å²) in [5.74, 6) is 6.77. The predicted molar refractivity (Wildman–Crippen MR) is 75.6 cm³/mol. The molecule has 1 saturated carbocycles. The smallest absolute Gasteiger partial charge is 0.223 e. The van der Waals surface area contributed by atoms with E-state index in [1.165, 1.54) is 19.3 Å². The number of anilines is 3. The SMILES string of the molecule is NNc1cc(N(CCO)C2CCCCC2)nc(N)n1. The van der Waals surface area contributed by atoms with Gasteiger partial charge in [-0.15, -0.1) is 0 Å². The van der Waals surface area contributed by atoms with E-state index in [0.29, 0.717) is 18.4 Å². The van der Waals surface area contributed by atoms with Gasteiger partial charge in [0.15, 0.2) is 0 Å². The molecule has 0 bridgehead atoms. The number of nitrogens with two attached hydrogens (primary N) is 2. The highest BCUT2D eigenvalue weighted by Gasteiger charge is 2.22. The lowest BCUT2D eigenvalue weighted by atomic mass is 9.94. The monoisotopic (exact) mass is 266 g/mol. The van der Waals surface area contributed by atoms with E-state index >= 15 is 0 Å². The molecule has 1 fully saturated rings. The van der Waals surface area contributed by atoms with Gasteiger partial charge in [-0.05, 0) is 12.8 Å². The third kappa shape index (κ3) is 3.45. The highest BCUT2D eigenvalue weighted by Crippen LogP contribution is 2.27. The molecule has 7 heteroatoms. The van der Waals surface area contributed by atoms with Crippen molar-refractivity contribution in [1.82, 2.24) is 9.97 Å². The van der Waals surface area contributed by atoms with E-state index in [2.05, 4.69) is 20.3 Å². The molecule has 1 aliphatic rings. The first-order chi connectivity index (χ1) is 9.24. The van der Waals surface area contributed by atoms with Gasteiger partial charge in [0.1, 0.15) is 11.6 Å². The van der Waals surface area contributed by atoms with Crippen molar-refractivity contribution in [1.29, 1.82) is 0 Å². The van der Waals surface area contributed by atoms with Crippen molar-refractivity contribution < 1.29 is 5.11 Å². The van der Waals surface area contributed by atoms with Gasteiger partial charge in [-0.2, -0.15) is 9.97 Å². The third-order valence-electron chi connectivity index (χ3n) is 3.53. The number of hydrazine groups is 1. The van der Waals surface area contributed by atoms with Crippen LogP contribution in [0.1, 0.15) is 32.1 Å². The Morgan fingerprint density at radius 2 is 2.05 bits per heavy atom. The minimum Gasteiger partial charge on any atom is -0.395 e. The molecule has 0 amide bonds. The molecule has 19 heavy (non-hydrogen) atoms. The highest BCUT2D eigenvalue weighted by atomic mass is 16.3. The van der Waals surface area contributed by atoms with E-state index in [9.17, 15) is 5.11 Å². The van der Waals surface area contributed by atoms with E-state index in [1.54, 1.807) is 6.07 Å². The van der Waals surface area contributed by atoms with Crippen molar-refractivity contribution in [2.45, 2.75) is 38.1 Å². The standard InChI is InChI=1S/C12H22N6O/c13-12-15-10(17-14)8-11(16-12)18(6-7-19)9-4-2-1-3-5-9/h8-9,19H,1-7,14H2,(H3,13,15,16,17). The molecule has 0 radical (unpaired) electrons. The maximum Gasteiger partial charge on any atom is 0.223 e. The number of nitrogen functional groups attached to an aromatic ring is 2. The average molecular weight is 266 g/mol. The molecule has 1 heterocycles. The van der Waals surface area contributed by atoms with E-state index < -0.39 is 0 Å². The van der Waals surface area contributed by atoms with Crippen molar-refractivity contribution in [3.8, 4) is 0 Å². The van der Waals surface area contributed by atoms with Crippen molar-refractivity contribution >= 4 is 17.6 Å².